The standard InChI is InChI=1S/C20H18Cl2N2O5/c1-28-14-5-2-4-13(9-14)23-17(25)11-29-20(27)12-8-18(26)24(10-12)16-7-3-6-15(21)19(16)22/h2-7,9,12H,8,10-11H2,1H3,(H,23,25)/t12-/m0/s1. The average Bonchev–Trinajstić information content (AvgIpc) is 3.10. The van der Waals surface area contributed by atoms with Gasteiger partial charge >= 0.3 is 5.97 Å². The SMILES string of the molecule is COc1cccc(NC(=O)COC(=O)[C@H]2CC(=O)N(c3cccc(Cl)c3Cl)C2)c1. The Morgan fingerprint density at radius 3 is 2.72 bits per heavy atom. The van der Waals surface area contributed by atoms with Crippen LogP contribution in [0.5, 0.6) is 5.75 Å². The lowest BCUT2D eigenvalue weighted by atomic mass is 10.1. The summed E-state index contributed by atoms with van der Waals surface area (Å²) in [5.74, 6) is -1.49. The highest BCUT2D eigenvalue weighted by Gasteiger charge is 2.37. The third-order valence-electron chi connectivity index (χ3n) is 4.38. The molecule has 1 aliphatic rings. The zero-order chi connectivity index (χ0) is 21.0. The summed E-state index contributed by atoms with van der Waals surface area (Å²) in [6.45, 7) is -0.353. The highest BCUT2D eigenvalue weighted by atomic mass is 35.5. The van der Waals surface area contributed by atoms with Crippen LogP contribution in [-0.4, -0.2) is 38.0 Å². The number of carbonyl (C=O) groups excluding carboxylic acids is 3. The lowest BCUT2D eigenvalue weighted by Gasteiger charge is -2.18. The van der Waals surface area contributed by atoms with Gasteiger partial charge in [-0.25, -0.2) is 0 Å². The first kappa shape index (κ1) is 21.0. The molecule has 2 aromatic rings. The van der Waals surface area contributed by atoms with Gasteiger partial charge in [-0.2, -0.15) is 0 Å². The van der Waals surface area contributed by atoms with Crippen LogP contribution in [0.1, 0.15) is 6.42 Å². The van der Waals surface area contributed by atoms with E-state index in [1.54, 1.807) is 42.5 Å². The van der Waals surface area contributed by atoms with E-state index in [9.17, 15) is 14.4 Å². The number of hydrogen-bond acceptors (Lipinski definition) is 5. The van der Waals surface area contributed by atoms with Gasteiger partial charge in [0.25, 0.3) is 5.91 Å². The molecule has 152 valence electrons. The molecule has 7 nitrogen and oxygen atoms in total. The zero-order valence-corrected chi connectivity index (χ0v) is 17.0. The summed E-state index contributed by atoms with van der Waals surface area (Å²) >= 11 is 12.2. The van der Waals surface area contributed by atoms with Crippen molar-refractivity contribution in [1.29, 1.82) is 0 Å². The summed E-state index contributed by atoms with van der Waals surface area (Å²) < 4.78 is 10.2. The number of benzene rings is 2. The minimum absolute atomic E-state index is 0.0286. The lowest BCUT2D eigenvalue weighted by molar-refractivity contribution is -0.151. The van der Waals surface area contributed by atoms with Crippen LogP contribution in [0.4, 0.5) is 11.4 Å². The maximum atomic E-state index is 12.3. The van der Waals surface area contributed by atoms with Gasteiger partial charge in [-0.1, -0.05) is 35.3 Å². The lowest BCUT2D eigenvalue weighted by Crippen LogP contribution is -2.28. The maximum absolute atomic E-state index is 12.3. The molecule has 3 rings (SSSR count). The van der Waals surface area contributed by atoms with Gasteiger partial charge in [0.15, 0.2) is 6.61 Å². The molecule has 29 heavy (non-hydrogen) atoms. The quantitative estimate of drug-likeness (QED) is 0.699. The van der Waals surface area contributed by atoms with Crippen molar-refractivity contribution in [2.75, 3.05) is 30.5 Å². The Labute approximate surface area is 177 Å². The van der Waals surface area contributed by atoms with E-state index in [2.05, 4.69) is 5.32 Å². The average molecular weight is 437 g/mol. The molecule has 0 aliphatic carbocycles. The molecule has 1 saturated heterocycles. The minimum Gasteiger partial charge on any atom is -0.497 e. The number of rotatable bonds is 6. The van der Waals surface area contributed by atoms with Crippen molar-refractivity contribution in [3.05, 3.63) is 52.5 Å². The van der Waals surface area contributed by atoms with E-state index < -0.39 is 24.4 Å². The largest absolute Gasteiger partial charge is 0.497 e. The first-order chi connectivity index (χ1) is 13.9. The molecule has 1 N–H and O–H groups in total. The Morgan fingerprint density at radius 2 is 1.97 bits per heavy atom. The smallest absolute Gasteiger partial charge is 0.311 e. The van der Waals surface area contributed by atoms with Crippen LogP contribution in [0.25, 0.3) is 0 Å². The van der Waals surface area contributed by atoms with Gasteiger partial charge in [-0.15, -0.1) is 0 Å². The number of ether oxygens (including phenoxy) is 2. The number of amides is 2. The molecule has 9 heteroatoms. The molecule has 0 aromatic heterocycles. The molecule has 2 amide bonds. The summed E-state index contributed by atoms with van der Waals surface area (Å²) in [6, 6.07) is 11.7. The highest BCUT2D eigenvalue weighted by molar-refractivity contribution is 6.44. The molecule has 1 atom stereocenters. The van der Waals surface area contributed by atoms with E-state index in [-0.39, 0.29) is 23.9 Å². The summed E-state index contributed by atoms with van der Waals surface area (Å²) in [7, 11) is 1.52. The van der Waals surface area contributed by atoms with Gasteiger partial charge in [-0.05, 0) is 24.3 Å². The van der Waals surface area contributed by atoms with E-state index in [1.807, 2.05) is 0 Å². The normalized spacial score (nSPS) is 15.9. The van der Waals surface area contributed by atoms with Gasteiger partial charge in [0, 0.05) is 24.7 Å². The van der Waals surface area contributed by atoms with Crippen molar-refractivity contribution in [2.45, 2.75) is 6.42 Å². The number of carbonyl (C=O) groups is 3. The van der Waals surface area contributed by atoms with Crippen LogP contribution in [0.3, 0.4) is 0 Å². The van der Waals surface area contributed by atoms with E-state index in [0.717, 1.165) is 0 Å². The summed E-state index contributed by atoms with van der Waals surface area (Å²) in [4.78, 5) is 38.1. The molecule has 0 unspecified atom stereocenters. The monoisotopic (exact) mass is 436 g/mol. The predicted octanol–water partition coefficient (Wildman–Crippen LogP) is 3.54. The third-order valence-corrected chi connectivity index (χ3v) is 5.19. The predicted molar refractivity (Wildman–Crippen MR) is 110 cm³/mol. The summed E-state index contributed by atoms with van der Waals surface area (Å²) in [5.41, 5.74) is 0.957. The molecule has 2 aromatic carbocycles. The van der Waals surface area contributed by atoms with Crippen molar-refractivity contribution in [3.63, 3.8) is 0 Å². The molecule has 0 radical (unpaired) electrons. The number of nitrogens with zero attached hydrogens (tertiary/aromatic N) is 1. The third kappa shape index (κ3) is 4.99. The van der Waals surface area contributed by atoms with Gasteiger partial charge in [0.1, 0.15) is 5.75 Å². The second-order valence-corrected chi connectivity index (χ2v) is 7.15. The summed E-state index contributed by atoms with van der Waals surface area (Å²) in [5, 5.41) is 3.18. The Balaban J connectivity index is 1.55. The van der Waals surface area contributed by atoms with Crippen molar-refractivity contribution >= 4 is 52.4 Å². The van der Waals surface area contributed by atoms with Crippen LogP contribution in [0.2, 0.25) is 10.0 Å². The molecular weight excluding hydrogens is 419 g/mol. The minimum atomic E-state index is -0.692. The maximum Gasteiger partial charge on any atom is 0.311 e. The van der Waals surface area contributed by atoms with E-state index in [0.29, 0.717) is 22.1 Å². The van der Waals surface area contributed by atoms with E-state index in [4.69, 9.17) is 32.7 Å². The molecule has 0 bridgehead atoms. The Morgan fingerprint density at radius 1 is 1.21 bits per heavy atom. The fourth-order valence-corrected chi connectivity index (χ4v) is 3.35. The van der Waals surface area contributed by atoms with Gasteiger partial charge in [0.05, 0.1) is 28.8 Å². The molecular formula is C20H18Cl2N2O5. The molecule has 0 spiro atoms. The summed E-state index contributed by atoms with van der Waals surface area (Å²) in [6.07, 6.45) is -0.0286. The van der Waals surface area contributed by atoms with Crippen molar-refractivity contribution in [2.24, 2.45) is 5.92 Å². The van der Waals surface area contributed by atoms with Gasteiger partial charge < -0.3 is 19.7 Å². The van der Waals surface area contributed by atoms with E-state index >= 15 is 0 Å². The van der Waals surface area contributed by atoms with Crippen LogP contribution in [0, 0.1) is 5.92 Å². The number of anilines is 2. The number of esters is 1. The molecule has 1 heterocycles. The van der Waals surface area contributed by atoms with Crippen LogP contribution in [-0.2, 0) is 19.1 Å². The topological polar surface area (TPSA) is 84.9 Å². The Kier molecular flexibility index (Phi) is 6.61. The van der Waals surface area contributed by atoms with Crippen molar-refractivity contribution < 1.29 is 23.9 Å². The Hall–Kier alpha value is -2.77. The highest BCUT2D eigenvalue weighted by Crippen LogP contribution is 2.35. The van der Waals surface area contributed by atoms with Crippen LogP contribution in [0.15, 0.2) is 42.5 Å². The van der Waals surface area contributed by atoms with Crippen LogP contribution >= 0.6 is 23.2 Å². The fourth-order valence-electron chi connectivity index (χ4n) is 2.95. The molecule has 0 saturated carbocycles. The number of halogens is 2. The van der Waals surface area contributed by atoms with E-state index in [1.165, 1.54) is 12.0 Å². The zero-order valence-electron chi connectivity index (χ0n) is 15.5. The Bertz CT molecular complexity index is 950. The number of nitrogens with one attached hydrogen (secondary N) is 1. The van der Waals surface area contributed by atoms with Crippen LogP contribution < -0.4 is 15.0 Å². The fraction of sp³-hybridized carbons (Fsp3) is 0.250. The second kappa shape index (κ2) is 9.15. The van der Waals surface area contributed by atoms with Gasteiger partial charge in [0.2, 0.25) is 5.91 Å². The number of hydrogen-bond donors (Lipinski definition) is 1. The van der Waals surface area contributed by atoms with Crippen molar-refractivity contribution in [1.82, 2.24) is 0 Å². The first-order valence-electron chi connectivity index (χ1n) is 8.74. The second-order valence-electron chi connectivity index (χ2n) is 6.37. The first-order valence-corrected chi connectivity index (χ1v) is 9.49. The molecule has 1 fully saturated rings. The molecule has 1 aliphatic heterocycles. The van der Waals surface area contributed by atoms with Gasteiger partial charge in [-0.3, -0.25) is 14.4 Å². The number of methoxy groups -OCH3 is 1. The van der Waals surface area contributed by atoms with Crippen molar-refractivity contribution in [3.8, 4) is 5.75 Å².